The lowest BCUT2D eigenvalue weighted by molar-refractivity contribution is -0.131. The van der Waals surface area contributed by atoms with Crippen molar-refractivity contribution in [3.63, 3.8) is 0 Å². The van der Waals surface area contributed by atoms with Crippen LogP contribution in [0.25, 0.3) is 0 Å². The van der Waals surface area contributed by atoms with Crippen molar-refractivity contribution in [2.75, 3.05) is 13.1 Å². The van der Waals surface area contributed by atoms with Crippen molar-refractivity contribution < 1.29 is 9.59 Å². The molecule has 104 valence electrons. The van der Waals surface area contributed by atoms with E-state index in [0.717, 1.165) is 25.7 Å². The van der Waals surface area contributed by atoms with Gasteiger partial charge in [-0.25, -0.2) is 0 Å². The first-order valence-corrected chi connectivity index (χ1v) is 6.82. The van der Waals surface area contributed by atoms with Crippen LogP contribution in [-0.2, 0) is 9.59 Å². The molecule has 18 heavy (non-hydrogen) atoms. The molecule has 5 nitrogen and oxygen atoms in total. The molecule has 2 amide bonds. The van der Waals surface area contributed by atoms with E-state index in [1.807, 2.05) is 0 Å². The van der Waals surface area contributed by atoms with Gasteiger partial charge in [-0.2, -0.15) is 0 Å². The van der Waals surface area contributed by atoms with Gasteiger partial charge >= 0.3 is 0 Å². The molecule has 1 rings (SSSR count). The van der Waals surface area contributed by atoms with E-state index >= 15 is 0 Å². The van der Waals surface area contributed by atoms with Crippen LogP contribution in [0, 0.1) is 11.8 Å². The van der Waals surface area contributed by atoms with E-state index in [-0.39, 0.29) is 23.8 Å². The fourth-order valence-corrected chi connectivity index (χ4v) is 2.25. The molecule has 4 N–H and O–H groups in total. The van der Waals surface area contributed by atoms with E-state index in [0.29, 0.717) is 19.0 Å². The Morgan fingerprint density at radius 2 is 2.22 bits per heavy atom. The zero-order valence-electron chi connectivity index (χ0n) is 11.4. The normalized spacial score (nSPS) is 22.2. The number of nitrogens with one attached hydrogen (secondary N) is 2. The SMILES string of the molecule is CC(C)CC(CN)C(=O)NC1CCCCNC1=O. The van der Waals surface area contributed by atoms with Gasteiger partial charge in [0.15, 0.2) is 0 Å². The molecule has 0 saturated carbocycles. The van der Waals surface area contributed by atoms with Crippen molar-refractivity contribution in [1.82, 2.24) is 10.6 Å². The predicted molar refractivity (Wildman–Crippen MR) is 70.8 cm³/mol. The summed E-state index contributed by atoms with van der Waals surface area (Å²) in [5.74, 6) is 0.0720. The Bertz CT molecular complexity index is 292. The third-order valence-corrected chi connectivity index (χ3v) is 3.26. The lowest BCUT2D eigenvalue weighted by Crippen LogP contribution is -2.48. The smallest absolute Gasteiger partial charge is 0.242 e. The summed E-state index contributed by atoms with van der Waals surface area (Å²) in [6, 6.07) is -0.388. The van der Waals surface area contributed by atoms with Gasteiger partial charge < -0.3 is 16.4 Å². The fraction of sp³-hybridized carbons (Fsp3) is 0.846. The largest absolute Gasteiger partial charge is 0.354 e. The number of nitrogens with two attached hydrogens (primary N) is 1. The number of amides is 2. The minimum absolute atomic E-state index is 0.0684. The van der Waals surface area contributed by atoms with Crippen LogP contribution in [0.4, 0.5) is 0 Å². The molecule has 5 heteroatoms. The molecule has 0 spiro atoms. The van der Waals surface area contributed by atoms with Gasteiger partial charge in [0.05, 0.1) is 5.92 Å². The second-order valence-electron chi connectivity index (χ2n) is 5.41. The Kier molecular flexibility index (Phi) is 6.12. The summed E-state index contributed by atoms with van der Waals surface area (Å²) in [7, 11) is 0. The zero-order valence-corrected chi connectivity index (χ0v) is 11.4. The molecule has 0 radical (unpaired) electrons. The molecule has 0 aromatic heterocycles. The molecular formula is C13H25N3O2. The van der Waals surface area contributed by atoms with Crippen molar-refractivity contribution in [2.24, 2.45) is 17.6 Å². The van der Waals surface area contributed by atoms with Crippen molar-refractivity contribution >= 4 is 11.8 Å². The first kappa shape index (κ1) is 15.0. The fourth-order valence-electron chi connectivity index (χ4n) is 2.25. The van der Waals surface area contributed by atoms with E-state index in [1.54, 1.807) is 0 Å². The Balaban J connectivity index is 2.52. The second-order valence-corrected chi connectivity index (χ2v) is 5.41. The predicted octanol–water partition coefficient (Wildman–Crippen LogP) is 0.392. The molecule has 0 aromatic carbocycles. The highest BCUT2D eigenvalue weighted by Crippen LogP contribution is 2.12. The third-order valence-electron chi connectivity index (χ3n) is 3.26. The van der Waals surface area contributed by atoms with Crippen LogP contribution in [0.3, 0.4) is 0 Å². The molecule has 2 atom stereocenters. The molecule has 1 aliphatic heterocycles. The molecule has 1 fully saturated rings. The van der Waals surface area contributed by atoms with E-state index in [1.165, 1.54) is 0 Å². The van der Waals surface area contributed by atoms with E-state index < -0.39 is 0 Å². The third kappa shape index (κ3) is 4.64. The molecule has 1 aliphatic rings. The lowest BCUT2D eigenvalue weighted by atomic mass is 9.96. The summed E-state index contributed by atoms with van der Waals surface area (Å²) < 4.78 is 0. The van der Waals surface area contributed by atoms with Crippen LogP contribution in [0.15, 0.2) is 0 Å². The molecular weight excluding hydrogens is 230 g/mol. The Labute approximate surface area is 109 Å². The summed E-state index contributed by atoms with van der Waals surface area (Å²) in [5, 5.41) is 5.65. The summed E-state index contributed by atoms with van der Waals surface area (Å²) in [6.07, 6.45) is 3.42. The molecule has 2 unspecified atom stereocenters. The van der Waals surface area contributed by atoms with Crippen molar-refractivity contribution in [2.45, 2.75) is 45.6 Å². The topological polar surface area (TPSA) is 84.2 Å². The van der Waals surface area contributed by atoms with Gasteiger partial charge in [0.25, 0.3) is 0 Å². The summed E-state index contributed by atoms with van der Waals surface area (Å²) in [6.45, 7) is 5.17. The molecule has 1 saturated heterocycles. The summed E-state index contributed by atoms with van der Waals surface area (Å²) in [4.78, 5) is 23.8. The Hall–Kier alpha value is -1.10. The summed E-state index contributed by atoms with van der Waals surface area (Å²) >= 11 is 0. The average molecular weight is 255 g/mol. The van der Waals surface area contributed by atoms with Crippen LogP contribution in [-0.4, -0.2) is 30.9 Å². The van der Waals surface area contributed by atoms with Crippen LogP contribution in [0.1, 0.15) is 39.5 Å². The Morgan fingerprint density at radius 3 is 2.83 bits per heavy atom. The minimum atomic E-state index is -0.388. The van der Waals surface area contributed by atoms with Gasteiger partial charge in [0.1, 0.15) is 6.04 Å². The standard InChI is InChI=1S/C13H25N3O2/c1-9(2)7-10(8-14)12(17)16-11-5-3-4-6-15-13(11)18/h9-11H,3-8,14H2,1-2H3,(H,15,18)(H,16,17). The Morgan fingerprint density at radius 1 is 1.50 bits per heavy atom. The molecule has 1 heterocycles. The van der Waals surface area contributed by atoms with Gasteiger partial charge in [-0.3, -0.25) is 9.59 Å². The quantitative estimate of drug-likeness (QED) is 0.664. The van der Waals surface area contributed by atoms with Crippen molar-refractivity contribution in [3.05, 3.63) is 0 Å². The second kappa shape index (κ2) is 7.36. The van der Waals surface area contributed by atoms with Crippen LogP contribution in [0.5, 0.6) is 0 Å². The monoisotopic (exact) mass is 255 g/mol. The molecule has 0 aromatic rings. The number of hydrogen-bond acceptors (Lipinski definition) is 3. The number of carbonyl (C=O) groups is 2. The van der Waals surface area contributed by atoms with Gasteiger partial charge in [-0.15, -0.1) is 0 Å². The van der Waals surface area contributed by atoms with Crippen LogP contribution < -0.4 is 16.4 Å². The first-order chi connectivity index (χ1) is 8.54. The van der Waals surface area contributed by atoms with E-state index in [2.05, 4.69) is 24.5 Å². The van der Waals surface area contributed by atoms with Gasteiger partial charge in [0.2, 0.25) is 11.8 Å². The van der Waals surface area contributed by atoms with Gasteiger partial charge in [-0.1, -0.05) is 13.8 Å². The number of rotatable bonds is 5. The summed E-state index contributed by atoms with van der Waals surface area (Å²) in [5.41, 5.74) is 5.63. The van der Waals surface area contributed by atoms with Crippen molar-refractivity contribution in [1.29, 1.82) is 0 Å². The van der Waals surface area contributed by atoms with E-state index in [4.69, 9.17) is 5.73 Å². The number of hydrogen-bond donors (Lipinski definition) is 3. The highest BCUT2D eigenvalue weighted by Gasteiger charge is 2.26. The minimum Gasteiger partial charge on any atom is -0.354 e. The molecule has 0 bridgehead atoms. The zero-order chi connectivity index (χ0) is 13.5. The highest BCUT2D eigenvalue weighted by molar-refractivity contribution is 5.88. The lowest BCUT2D eigenvalue weighted by Gasteiger charge is -2.21. The highest BCUT2D eigenvalue weighted by atomic mass is 16.2. The maximum atomic E-state index is 12.1. The number of carbonyl (C=O) groups excluding carboxylic acids is 2. The average Bonchev–Trinajstić information content (AvgIpc) is 2.51. The van der Waals surface area contributed by atoms with Gasteiger partial charge in [-0.05, 0) is 31.6 Å². The maximum Gasteiger partial charge on any atom is 0.242 e. The van der Waals surface area contributed by atoms with Crippen molar-refractivity contribution in [3.8, 4) is 0 Å². The van der Waals surface area contributed by atoms with Crippen LogP contribution in [0.2, 0.25) is 0 Å². The maximum absolute atomic E-state index is 12.1. The van der Waals surface area contributed by atoms with E-state index in [9.17, 15) is 9.59 Å². The van der Waals surface area contributed by atoms with Gasteiger partial charge in [0, 0.05) is 13.1 Å². The molecule has 0 aliphatic carbocycles. The van der Waals surface area contributed by atoms with Crippen LogP contribution >= 0.6 is 0 Å². The first-order valence-electron chi connectivity index (χ1n) is 6.82.